The number of benzene rings is 1. The maximum Gasteiger partial charge on any atom is 0.252 e. The molecule has 2 N–H and O–H groups in total. The summed E-state index contributed by atoms with van der Waals surface area (Å²) in [4.78, 5) is 27.6. The molecule has 1 aromatic carbocycles. The van der Waals surface area contributed by atoms with Crippen molar-refractivity contribution in [3.05, 3.63) is 64.1 Å². The molecule has 9 heteroatoms. The number of hydrogen-bond donors (Lipinski definition) is 2. The van der Waals surface area contributed by atoms with Crippen LogP contribution in [0.2, 0.25) is 0 Å². The summed E-state index contributed by atoms with van der Waals surface area (Å²) in [6.45, 7) is 4.15. The van der Waals surface area contributed by atoms with Crippen LogP contribution < -0.4 is 15.8 Å². The summed E-state index contributed by atoms with van der Waals surface area (Å²) in [6.07, 6.45) is 1.30. The maximum absolute atomic E-state index is 12.6. The Labute approximate surface area is 164 Å². The van der Waals surface area contributed by atoms with Crippen LogP contribution in [0.1, 0.15) is 15.9 Å². The number of H-pyrrole nitrogens is 1. The lowest BCUT2D eigenvalue weighted by molar-refractivity contribution is 0.0955. The second-order valence-corrected chi connectivity index (χ2v) is 8.83. The van der Waals surface area contributed by atoms with Gasteiger partial charge in [0.05, 0.1) is 11.3 Å². The first kappa shape index (κ1) is 20.1. The molecule has 0 spiro atoms. The van der Waals surface area contributed by atoms with Crippen molar-refractivity contribution in [3.8, 4) is 0 Å². The van der Waals surface area contributed by atoms with E-state index in [4.69, 9.17) is 0 Å². The first-order valence-corrected chi connectivity index (χ1v) is 10.7. The van der Waals surface area contributed by atoms with Gasteiger partial charge in [-0.2, -0.15) is 4.31 Å². The van der Waals surface area contributed by atoms with Gasteiger partial charge in [0.2, 0.25) is 15.6 Å². The van der Waals surface area contributed by atoms with Crippen molar-refractivity contribution >= 4 is 21.6 Å². The van der Waals surface area contributed by atoms with E-state index in [2.05, 4.69) is 21.3 Å². The van der Waals surface area contributed by atoms with Crippen molar-refractivity contribution in [2.45, 2.75) is 6.92 Å². The van der Waals surface area contributed by atoms with Crippen LogP contribution in [0.15, 0.2) is 47.4 Å². The Morgan fingerprint density at radius 2 is 1.89 bits per heavy atom. The molecule has 1 aliphatic heterocycles. The Morgan fingerprint density at radius 3 is 2.54 bits per heavy atom. The first-order valence-electron chi connectivity index (χ1n) is 9.11. The molecule has 28 heavy (non-hydrogen) atoms. The second kappa shape index (κ2) is 8.57. The normalized spacial score (nSPS) is 15.4. The summed E-state index contributed by atoms with van der Waals surface area (Å²) in [5.41, 5.74) is 2.25. The van der Waals surface area contributed by atoms with Gasteiger partial charge in [-0.15, -0.1) is 0 Å². The minimum absolute atomic E-state index is 0.0123. The van der Waals surface area contributed by atoms with Crippen molar-refractivity contribution in [1.82, 2.24) is 14.6 Å². The zero-order valence-corrected chi connectivity index (χ0v) is 16.5. The first-order chi connectivity index (χ1) is 13.3. The van der Waals surface area contributed by atoms with Crippen molar-refractivity contribution in [2.24, 2.45) is 0 Å². The number of carbonyl (C=O) groups excluding carboxylic acids is 1. The van der Waals surface area contributed by atoms with Gasteiger partial charge >= 0.3 is 0 Å². The van der Waals surface area contributed by atoms with Crippen LogP contribution in [0.25, 0.3) is 0 Å². The van der Waals surface area contributed by atoms with Crippen LogP contribution in [-0.4, -0.2) is 62.1 Å². The number of aromatic amines is 1. The van der Waals surface area contributed by atoms with E-state index in [0.717, 1.165) is 5.69 Å². The van der Waals surface area contributed by atoms with Gasteiger partial charge < -0.3 is 15.2 Å². The lowest BCUT2D eigenvalue weighted by Gasteiger charge is -2.35. The summed E-state index contributed by atoms with van der Waals surface area (Å²) in [6, 6.07) is 10.8. The molecule has 2 aromatic rings. The highest BCUT2D eigenvalue weighted by Gasteiger charge is 2.26. The van der Waals surface area contributed by atoms with E-state index in [1.54, 1.807) is 0 Å². The predicted molar refractivity (Wildman–Crippen MR) is 108 cm³/mol. The molecule has 0 bridgehead atoms. The summed E-state index contributed by atoms with van der Waals surface area (Å²) in [5.74, 6) is -0.581. The topological polar surface area (TPSA) is 103 Å². The molecule has 1 saturated heterocycles. The van der Waals surface area contributed by atoms with E-state index >= 15 is 0 Å². The Hall–Kier alpha value is -2.65. The predicted octanol–water partition coefficient (Wildman–Crippen LogP) is 0.565. The Morgan fingerprint density at radius 1 is 1.14 bits per heavy atom. The number of sulfonamides is 1. The third-order valence-electron chi connectivity index (χ3n) is 4.69. The lowest BCUT2D eigenvalue weighted by Crippen LogP contribution is -2.50. The number of rotatable bonds is 6. The zero-order chi connectivity index (χ0) is 20.1. The molecule has 1 amide bonds. The van der Waals surface area contributed by atoms with E-state index in [1.807, 2.05) is 25.1 Å². The number of aryl methyl sites for hydroxylation is 1. The minimum atomic E-state index is -3.45. The monoisotopic (exact) mass is 404 g/mol. The van der Waals surface area contributed by atoms with Gasteiger partial charge in [0.25, 0.3) is 5.91 Å². The number of carbonyl (C=O) groups is 1. The second-order valence-electron chi connectivity index (χ2n) is 6.74. The molecule has 150 valence electrons. The van der Waals surface area contributed by atoms with E-state index < -0.39 is 15.9 Å². The van der Waals surface area contributed by atoms with Crippen molar-refractivity contribution in [1.29, 1.82) is 0 Å². The highest BCUT2D eigenvalue weighted by atomic mass is 32.2. The molecule has 1 aromatic heterocycles. The molecule has 0 unspecified atom stereocenters. The van der Waals surface area contributed by atoms with Gasteiger partial charge in [0, 0.05) is 50.7 Å². The van der Waals surface area contributed by atoms with Gasteiger partial charge in [-0.3, -0.25) is 9.59 Å². The molecule has 0 saturated carbocycles. The Bertz CT molecular complexity index is 974. The van der Waals surface area contributed by atoms with E-state index in [0.29, 0.717) is 26.2 Å². The van der Waals surface area contributed by atoms with Crippen molar-refractivity contribution < 1.29 is 13.2 Å². The number of anilines is 1. The number of piperazine rings is 1. The molecule has 0 aliphatic carbocycles. The smallest absolute Gasteiger partial charge is 0.252 e. The summed E-state index contributed by atoms with van der Waals surface area (Å²) in [7, 11) is -3.45. The molecule has 3 rings (SSSR count). The fourth-order valence-electron chi connectivity index (χ4n) is 3.13. The van der Waals surface area contributed by atoms with Gasteiger partial charge in [0.1, 0.15) is 0 Å². The van der Waals surface area contributed by atoms with Crippen LogP contribution in [0.3, 0.4) is 0 Å². The van der Waals surface area contributed by atoms with Crippen molar-refractivity contribution in [2.75, 3.05) is 43.4 Å². The number of amides is 1. The average Bonchev–Trinajstić information content (AvgIpc) is 2.68. The summed E-state index contributed by atoms with van der Waals surface area (Å²) < 4.78 is 26.6. The Balaban J connectivity index is 1.49. The number of pyridine rings is 1. The Kier molecular flexibility index (Phi) is 6.15. The number of nitrogens with zero attached hydrogens (tertiary/aromatic N) is 2. The van der Waals surface area contributed by atoms with E-state index in [9.17, 15) is 18.0 Å². The van der Waals surface area contributed by atoms with Gasteiger partial charge in [-0.25, -0.2) is 8.42 Å². The molecule has 8 nitrogen and oxygen atoms in total. The number of hydrogen-bond acceptors (Lipinski definition) is 5. The van der Waals surface area contributed by atoms with Crippen LogP contribution in [-0.2, 0) is 10.0 Å². The quantitative estimate of drug-likeness (QED) is 0.733. The SMILES string of the molecule is Cc1cccc(N2CCN(S(=O)(=O)CCNC(=O)c3ccc(=O)[nH]c3)CC2)c1. The highest BCUT2D eigenvalue weighted by molar-refractivity contribution is 7.89. The standard InChI is InChI=1S/C19H24N4O4S/c1-15-3-2-4-17(13-15)22-8-10-23(11-9-22)28(26,27)12-7-20-19(25)16-5-6-18(24)21-14-16/h2-6,13-14H,7-12H2,1H3,(H,20,25)(H,21,24). The van der Waals surface area contributed by atoms with E-state index in [-0.39, 0.29) is 23.4 Å². The third-order valence-corrected chi connectivity index (χ3v) is 6.56. The molecule has 1 fully saturated rings. The molecule has 0 radical (unpaired) electrons. The van der Waals surface area contributed by atoms with Gasteiger partial charge in [-0.05, 0) is 30.7 Å². The van der Waals surface area contributed by atoms with Gasteiger partial charge in [-0.1, -0.05) is 12.1 Å². The molecular formula is C19H24N4O4S. The third kappa shape index (κ3) is 4.99. The molecular weight excluding hydrogens is 380 g/mol. The largest absolute Gasteiger partial charge is 0.369 e. The van der Waals surface area contributed by atoms with Crippen LogP contribution in [0.5, 0.6) is 0 Å². The summed E-state index contributed by atoms with van der Waals surface area (Å²) in [5, 5.41) is 2.58. The fourth-order valence-corrected chi connectivity index (χ4v) is 4.46. The zero-order valence-electron chi connectivity index (χ0n) is 15.7. The fraction of sp³-hybridized carbons (Fsp3) is 0.368. The number of aromatic nitrogens is 1. The van der Waals surface area contributed by atoms with E-state index in [1.165, 1.54) is 28.2 Å². The van der Waals surface area contributed by atoms with Gasteiger partial charge in [0.15, 0.2) is 0 Å². The molecule has 0 atom stereocenters. The number of nitrogens with one attached hydrogen (secondary N) is 2. The van der Waals surface area contributed by atoms with Crippen LogP contribution in [0, 0.1) is 6.92 Å². The van der Waals surface area contributed by atoms with Crippen LogP contribution in [0.4, 0.5) is 5.69 Å². The lowest BCUT2D eigenvalue weighted by atomic mass is 10.2. The minimum Gasteiger partial charge on any atom is -0.369 e. The average molecular weight is 404 g/mol. The van der Waals surface area contributed by atoms with Crippen LogP contribution >= 0.6 is 0 Å². The molecule has 2 heterocycles. The molecule has 1 aliphatic rings. The maximum atomic E-state index is 12.6. The highest BCUT2D eigenvalue weighted by Crippen LogP contribution is 2.18. The summed E-state index contributed by atoms with van der Waals surface area (Å²) >= 11 is 0. The van der Waals surface area contributed by atoms with Crippen molar-refractivity contribution in [3.63, 3.8) is 0 Å².